The fourth-order valence-electron chi connectivity index (χ4n) is 2.42. The fourth-order valence-corrected chi connectivity index (χ4v) is 2.42. The summed E-state index contributed by atoms with van der Waals surface area (Å²) in [4.78, 5) is 2.08. The van der Waals surface area contributed by atoms with Crippen LogP contribution in [-0.4, -0.2) is 29.7 Å². The minimum atomic E-state index is -0.716. The summed E-state index contributed by atoms with van der Waals surface area (Å²) in [5.74, 6) is 0.774. The van der Waals surface area contributed by atoms with Crippen LogP contribution in [0.2, 0.25) is 0 Å². The minimum Gasteiger partial charge on any atom is -0.508 e. The van der Waals surface area contributed by atoms with Gasteiger partial charge in [-0.3, -0.25) is 4.90 Å². The van der Waals surface area contributed by atoms with Gasteiger partial charge in [-0.1, -0.05) is 13.8 Å². The lowest BCUT2D eigenvalue weighted by atomic mass is 9.91. The molecule has 0 saturated heterocycles. The maximum atomic E-state index is 9.53. The first kappa shape index (κ1) is 11.7. The van der Waals surface area contributed by atoms with E-state index in [1.807, 2.05) is 13.8 Å². The lowest BCUT2D eigenvalue weighted by molar-refractivity contribution is 0.120. The van der Waals surface area contributed by atoms with Crippen molar-refractivity contribution in [2.75, 3.05) is 19.7 Å². The highest BCUT2D eigenvalue weighted by Gasteiger charge is 2.45. The van der Waals surface area contributed by atoms with E-state index in [-0.39, 0.29) is 5.75 Å². The average Bonchev–Trinajstić information content (AvgIpc) is 2.70. The number of rotatable bonds is 3. The highest BCUT2D eigenvalue weighted by Crippen LogP contribution is 2.42. The molecule has 0 aromatic heterocycles. The van der Waals surface area contributed by atoms with Gasteiger partial charge in [0.2, 0.25) is 0 Å². The molecule has 1 N–H and O–H groups in total. The number of nitriles is 1. The van der Waals surface area contributed by atoms with Crippen molar-refractivity contribution in [1.82, 2.24) is 4.90 Å². The Balaban J connectivity index is 2.51. The quantitative estimate of drug-likeness (QED) is 0.864. The van der Waals surface area contributed by atoms with Crippen molar-refractivity contribution in [1.29, 1.82) is 5.26 Å². The molecule has 1 aromatic carbocycles. The normalized spacial score (nSPS) is 22.0. The van der Waals surface area contributed by atoms with Gasteiger partial charge in [0.1, 0.15) is 18.1 Å². The monoisotopic (exact) mass is 232 g/mol. The van der Waals surface area contributed by atoms with E-state index in [2.05, 4.69) is 11.0 Å². The van der Waals surface area contributed by atoms with Crippen molar-refractivity contribution in [2.24, 2.45) is 0 Å². The topological polar surface area (TPSA) is 56.5 Å². The number of benzene rings is 1. The van der Waals surface area contributed by atoms with Gasteiger partial charge in [-0.2, -0.15) is 5.26 Å². The van der Waals surface area contributed by atoms with Crippen LogP contribution in [0.1, 0.15) is 19.4 Å². The number of hydrogen-bond acceptors (Lipinski definition) is 4. The van der Waals surface area contributed by atoms with Crippen molar-refractivity contribution in [3.8, 4) is 17.6 Å². The molecule has 0 amide bonds. The lowest BCUT2D eigenvalue weighted by Crippen LogP contribution is -2.46. The molecular weight excluding hydrogens is 216 g/mol. The van der Waals surface area contributed by atoms with E-state index in [0.29, 0.717) is 12.4 Å². The molecular formula is C13H16N2O2. The number of nitrogens with zero attached hydrogens (tertiary/aromatic N) is 2. The zero-order chi connectivity index (χ0) is 12.5. The molecule has 0 aliphatic carbocycles. The number of phenols is 1. The molecule has 1 atom stereocenters. The molecule has 1 aliphatic rings. The van der Waals surface area contributed by atoms with Crippen LogP contribution >= 0.6 is 0 Å². The molecule has 1 aromatic rings. The van der Waals surface area contributed by atoms with Crippen molar-refractivity contribution >= 4 is 0 Å². The Bertz CT molecular complexity index is 463. The molecule has 4 heteroatoms. The lowest BCUT2D eigenvalue weighted by Gasteiger charge is -2.32. The molecule has 0 fully saturated rings. The van der Waals surface area contributed by atoms with Crippen LogP contribution in [-0.2, 0) is 5.54 Å². The van der Waals surface area contributed by atoms with Gasteiger partial charge in [-0.25, -0.2) is 0 Å². The van der Waals surface area contributed by atoms with Gasteiger partial charge in [0.25, 0.3) is 0 Å². The summed E-state index contributed by atoms with van der Waals surface area (Å²) in [6.07, 6.45) is 0. The standard InChI is InChI=1S/C13H16N2O2/c1-3-15(4-2)13(8-14)9-17-12-7-10(16)5-6-11(12)13/h5-7,16H,3-4,9H2,1-2H3. The first-order valence-corrected chi connectivity index (χ1v) is 5.80. The molecule has 90 valence electrons. The minimum absolute atomic E-state index is 0.164. The third-order valence-electron chi connectivity index (χ3n) is 3.34. The van der Waals surface area contributed by atoms with E-state index in [1.54, 1.807) is 18.2 Å². The average molecular weight is 232 g/mol. The van der Waals surface area contributed by atoms with Crippen LogP contribution in [0.15, 0.2) is 18.2 Å². The third-order valence-corrected chi connectivity index (χ3v) is 3.34. The molecule has 4 nitrogen and oxygen atoms in total. The van der Waals surface area contributed by atoms with E-state index in [4.69, 9.17) is 4.74 Å². The SMILES string of the molecule is CCN(CC)C1(C#N)COc2cc(O)ccc21. The first-order chi connectivity index (χ1) is 8.17. The highest BCUT2D eigenvalue weighted by molar-refractivity contribution is 5.50. The highest BCUT2D eigenvalue weighted by atomic mass is 16.5. The van der Waals surface area contributed by atoms with Crippen molar-refractivity contribution in [3.63, 3.8) is 0 Å². The number of phenolic OH excluding ortho intramolecular Hbond substituents is 1. The second-order valence-corrected chi connectivity index (χ2v) is 4.11. The molecule has 1 unspecified atom stereocenters. The summed E-state index contributed by atoms with van der Waals surface area (Å²) in [6.45, 7) is 5.95. The van der Waals surface area contributed by atoms with Gasteiger partial charge in [0.15, 0.2) is 5.54 Å². The molecule has 1 aliphatic heterocycles. The number of hydrogen-bond donors (Lipinski definition) is 1. The van der Waals surface area contributed by atoms with Gasteiger partial charge in [0.05, 0.1) is 6.07 Å². The Morgan fingerprint density at radius 2 is 2.18 bits per heavy atom. The van der Waals surface area contributed by atoms with Crippen LogP contribution < -0.4 is 4.74 Å². The van der Waals surface area contributed by atoms with Crippen LogP contribution in [0.3, 0.4) is 0 Å². The number of aromatic hydroxyl groups is 1. The molecule has 0 radical (unpaired) electrons. The first-order valence-electron chi connectivity index (χ1n) is 5.80. The molecule has 2 rings (SSSR count). The van der Waals surface area contributed by atoms with Crippen LogP contribution in [0.4, 0.5) is 0 Å². The van der Waals surface area contributed by atoms with Gasteiger partial charge >= 0.3 is 0 Å². The van der Waals surface area contributed by atoms with Gasteiger partial charge in [-0.15, -0.1) is 0 Å². The predicted octanol–water partition coefficient (Wildman–Crippen LogP) is 1.85. The summed E-state index contributed by atoms with van der Waals surface area (Å²) in [6, 6.07) is 7.32. The van der Waals surface area contributed by atoms with Crippen molar-refractivity contribution in [3.05, 3.63) is 23.8 Å². The second-order valence-electron chi connectivity index (χ2n) is 4.11. The summed E-state index contributed by atoms with van der Waals surface area (Å²) in [5, 5.41) is 18.9. The molecule has 0 saturated carbocycles. The second kappa shape index (κ2) is 4.27. The Morgan fingerprint density at radius 1 is 1.47 bits per heavy atom. The van der Waals surface area contributed by atoms with Gasteiger partial charge in [0, 0.05) is 11.6 Å². The zero-order valence-corrected chi connectivity index (χ0v) is 10.1. The Kier molecular flexibility index (Phi) is 2.95. The summed E-state index contributed by atoms with van der Waals surface area (Å²) in [5.41, 5.74) is 0.133. The maximum Gasteiger partial charge on any atom is 0.172 e. The predicted molar refractivity (Wildman–Crippen MR) is 63.8 cm³/mol. The largest absolute Gasteiger partial charge is 0.508 e. The summed E-state index contributed by atoms with van der Waals surface area (Å²) >= 11 is 0. The Morgan fingerprint density at radius 3 is 2.76 bits per heavy atom. The zero-order valence-electron chi connectivity index (χ0n) is 10.1. The Hall–Kier alpha value is -1.73. The van der Waals surface area contributed by atoms with E-state index in [1.165, 1.54) is 0 Å². The number of ether oxygens (including phenoxy) is 1. The number of fused-ring (bicyclic) bond motifs is 1. The van der Waals surface area contributed by atoms with Crippen LogP contribution in [0.25, 0.3) is 0 Å². The molecule has 17 heavy (non-hydrogen) atoms. The van der Waals surface area contributed by atoms with E-state index < -0.39 is 5.54 Å². The molecule has 0 bridgehead atoms. The van der Waals surface area contributed by atoms with E-state index in [9.17, 15) is 10.4 Å². The van der Waals surface area contributed by atoms with Crippen LogP contribution in [0.5, 0.6) is 11.5 Å². The summed E-state index contributed by atoms with van der Waals surface area (Å²) < 4.78 is 5.55. The van der Waals surface area contributed by atoms with Crippen molar-refractivity contribution < 1.29 is 9.84 Å². The van der Waals surface area contributed by atoms with Crippen molar-refractivity contribution in [2.45, 2.75) is 19.4 Å². The van der Waals surface area contributed by atoms with Gasteiger partial charge < -0.3 is 9.84 Å². The van der Waals surface area contributed by atoms with E-state index >= 15 is 0 Å². The summed E-state index contributed by atoms with van der Waals surface area (Å²) in [7, 11) is 0. The third kappa shape index (κ3) is 1.63. The maximum absolute atomic E-state index is 9.53. The van der Waals surface area contributed by atoms with Crippen LogP contribution in [0, 0.1) is 11.3 Å². The van der Waals surface area contributed by atoms with E-state index in [0.717, 1.165) is 18.7 Å². The van der Waals surface area contributed by atoms with Gasteiger partial charge in [-0.05, 0) is 25.2 Å². The fraction of sp³-hybridized carbons (Fsp3) is 0.462. The smallest absolute Gasteiger partial charge is 0.172 e. The molecule has 1 heterocycles. The number of likely N-dealkylation sites (N-methyl/N-ethyl adjacent to an activating group) is 1. The Labute approximate surface area is 101 Å². The molecule has 0 spiro atoms.